The standard InChI is InChI=1S/C14H20N4O2S/c1-4-13(12-7-6-8-15-10-12)17-21(19,20)14-9-11(3)16-18(14)5-2/h6-10,13,17H,4-5H2,1-3H3. The van der Waals surface area contributed by atoms with Crippen LogP contribution >= 0.6 is 0 Å². The van der Waals surface area contributed by atoms with Gasteiger partial charge in [-0.3, -0.25) is 9.67 Å². The molecule has 0 aliphatic rings. The number of hydrogen-bond donors (Lipinski definition) is 1. The third-order valence-corrected chi connectivity index (χ3v) is 4.71. The Morgan fingerprint density at radius 2 is 2.14 bits per heavy atom. The van der Waals surface area contributed by atoms with E-state index >= 15 is 0 Å². The van der Waals surface area contributed by atoms with E-state index in [2.05, 4.69) is 14.8 Å². The second-order valence-corrected chi connectivity index (χ2v) is 6.47. The largest absolute Gasteiger partial charge is 0.264 e. The van der Waals surface area contributed by atoms with E-state index in [1.54, 1.807) is 31.5 Å². The fourth-order valence-electron chi connectivity index (χ4n) is 2.18. The lowest BCUT2D eigenvalue weighted by Gasteiger charge is -2.17. The van der Waals surface area contributed by atoms with Crippen molar-refractivity contribution in [3.8, 4) is 0 Å². The molecule has 0 bridgehead atoms. The molecule has 0 fully saturated rings. The predicted octanol–water partition coefficient (Wildman–Crippen LogP) is 2.04. The highest BCUT2D eigenvalue weighted by atomic mass is 32.2. The zero-order valence-electron chi connectivity index (χ0n) is 12.4. The predicted molar refractivity (Wildman–Crippen MR) is 80.2 cm³/mol. The van der Waals surface area contributed by atoms with Crippen molar-refractivity contribution in [3.05, 3.63) is 41.9 Å². The first-order valence-corrected chi connectivity index (χ1v) is 8.43. The number of aryl methyl sites for hydroxylation is 2. The average molecular weight is 308 g/mol. The molecule has 2 aromatic rings. The molecule has 7 heteroatoms. The number of pyridine rings is 1. The van der Waals surface area contributed by atoms with Gasteiger partial charge in [0.1, 0.15) is 0 Å². The number of aromatic nitrogens is 3. The number of hydrogen-bond acceptors (Lipinski definition) is 4. The molecule has 0 spiro atoms. The van der Waals surface area contributed by atoms with Crippen LogP contribution in [0, 0.1) is 6.92 Å². The lowest BCUT2D eigenvalue weighted by atomic mass is 10.1. The van der Waals surface area contributed by atoms with E-state index in [-0.39, 0.29) is 11.1 Å². The summed E-state index contributed by atoms with van der Waals surface area (Å²) in [6.07, 6.45) is 3.99. The molecule has 2 rings (SSSR count). The Kier molecular flexibility index (Phi) is 4.74. The lowest BCUT2D eigenvalue weighted by Crippen LogP contribution is -2.30. The molecular weight excluding hydrogens is 288 g/mol. The van der Waals surface area contributed by atoms with E-state index in [0.29, 0.717) is 18.7 Å². The van der Waals surface area contributed by atoms with Gasteiger partial charge in [0.2, 0.25) is 0 Å². The molecule has 114 valence electrons. The number of nitrogens with one attached hydrogen (secondary N) is 1. The molecule has 2 heterocycles. The van der Waals surface area contributed by atoms with E-state index in [4.69, 9.17) is 0 Å². The van der Waals surface area contributed by atoms with Gasteiger partial charge in [-0.2, -0.15) is 5.10 Å². The molecule has 0 aliphatic carbocycles. The minimum atomic E-state index is -3.62. The van der Waals surface area contributed by atoms with Crippen LogP contribution in [0.15, 0.2) is 35.6 Å². The van der Waals surface area contributed by atoms with Gasteiger partial charge in [-0.25, -0.2) is 13.1 Å². The highest BCUT2D eigenvalue weighted by Gasteiger charge is 2.24. The maximum atomic E-state index is 12.6. The first kappa shape index (κ1) is 15.7. The van der Waals surface area contributed by atoms with Gasteiger partial charge in [0.25, 0.3) is 10.0 Å². The van der Waals surface area contributed by atoms with Gasteiger partial charge in [-0.05, 0) is 38.0 Å². The van der Waals surface area contributed by atoms with Crippen molar-refractivity contribution in [2.75, 3.05) is 0 Å². The van der Waals surface area contributed by atoms with Gasteiger partial charge < -0.3 is 0 Å². The highest BCUT2D eigenvalue weighted by Crippen LogP contribution is 2.20. The smallest absolute Gasteiger partial charge is 0.258 e. The minimum absolute atomic E-state index is 0.199. The van der Waals surface area contributed by atoms with Gasteiger partial charge >= 0.3 is 0 Å². The van der Waals surface area contributed by atoms with Gasteiger partial charge in [0.15, 0.2) is 5.03 Å². The van der Waals surface area contributed by atoms with Crippen LogP contribution in [0.2, 0.25) is 0 Å². The molecule has 0 radical (unpaired) electrons. The zero-order chi connectivity index (χ0) is 15.5. The molecule has 21 heavy (non-hydrogen) atoms. The first-order chi connectivity index (χ1) is 9.97. The molecule has 0 aliphatic heterocycles. The Morgan fingerprint density at radius 3 is 2.71 bits per heavy atom. The van der Waals surface area contributed by atoms with Gasteiger partial charge in [0, 0.05) is 25.0 Å². The summed E-state index contributed by atoms with van der Waals surface area (Å²) in [6.45, 7) is 6.09. The Bertz CT molecular complexity index is 695. The molecular formula is C14H20N4O2S. The second kappa shape index (κ2) is 6.36. The number of rotatable bonds is 6. The second-order valence-electron chi connectivity index (χ2n) is 4.81. The molecule has 1 unspecified atom stereocenters. The van der Waals surface area contributed by atoms with Crippen LogP contribution in [0.4, 0.5) is 0 Å². The molecule has 2 aromatic heterocycles. The van der Waals surface area contributed by atoms with E-state index < -0.39 is 10.0 Å². The molecule has 0 aromatic carbocycles. The maximum Gasteiger partial charge on any atom is 0.258 e. The summed E-state index contributed by atoms with van der Waals surface area (Å²) in [6, 6.07) is 4.95. The van der Waals surface area contributed by atoms with E-state index in [9.17, 15) is 8.42 Å². The Hall–Kier alpha value is -1.73. The molecule has 0 saturated heterocycles. The Morgan fingerprint density at radius 1 is 1.38 bits per heavy atom. The Labute approximate surface area is 125 Å². The summed E-state index contributed by atoms with van der Waals surface area (Å²) >= 11 is 0. The van der Waals surface area contributed by atoms with Crippen molar-refractivity contribution >= 4 is 10.0 Å². The van der Waals surface area contributed by atoms with Gasteiger partial charge in [-0.15, -0.1) is 0 Å². The van der Waals surface area contributed by atoms with Crippen LogP contribution in [0.3, 0.4) is 0 Å². The summed E-state index contributed by atoms with van der Waals surface area (Å²) in [5.41, 5.74) is 1.54. The molecule has 6 nitrogen and oxygen atoms in total. The SMILES string of the molecule is CCC(NS(=O)(=O)c1cc(C)nn1CC)c1cccnc1. The summed E-state index contributed by atoms with van der Waals surface area (Å²) < 4.78 is 29.4. The summed E-state index contributed by atoms with van der Waals surface area (Å²) in [5, 5.41) is 4.39. The highest BCUT2D eigenvalue weighted by molar-refractivity contribution is 7.89. The quantitative estimate of drug-likeness (QED) is 0.886. The van der Waals surface area contributed by atoms with Gasteiger partial charge in [0.05, 0.1) is 5.69 Å². The van der Waals surface area contributed by atoms with Crippen molar-refractivity contribution in [2.45, 2.75) is 44.8 Å². The maximum absolute atomic E-state index is 12.6. The van der Waals surface area contributed by atoms with E-state index in [1.165, 1.54) is 4.68 Å². The van der Waals surface area contributed by atoms with Crippen LogP contribution in [0.5, 0.6) is 0 Å². The van der Waals surface area contributed by atoms with E-state index in [1.807, 2.05) is 19.9 Å². The summed E-state index contributed by atoms with van der Waals surface area (Å²) in [7, 11) is -3.62. The third kappa shape index (κ3) is 3.48. The van der Waals surface area contributed by atoms with Crippen LogP contribution in [-0.2, 0) is 16.6 Å². The van der Waals surface area contributed by atoms with Crippen LogP contribution in [-0.4, -0.2) is 23.2 Å². The lowest BCUT2D eigenvalue weighted by molar-refractivity contribution is 0.523. The summed E-state index contributed by atoms with van der Waals surface area (Å²) in [4.78, 5) is 4.04. The first-order valence-electron chi connectivity index (χ1n) is 6.94. The number of nitrogens with zero attached hydrogens (tertiary/aromatic N) is 3. The van der Waals surface area contributed by atoms with Crippen LogP contribution < -0.4 is 4.72 Å². The van der Waals surface area contributed by atoms with Crippen LogP contribution in [0.25, 0.3) is 0 Å². The van der Waals surface area contributed by atoms with Crippen molar-refractivity contribution < 1.29 is 8.42 Å². The van der Waals surface area contributed by atoms with E-state index in [0.717, 1.165) is 5.56 Å². The topological polar surface area (TPSA) is 76.9 Å². The average Bonchev–Trinajstić information content (AvgIpc) is 2.88. The molecule has 0 saturated carbocycles. The van der Waals surface area contributed by atoms with Crippen LogP contribution in [0.1, 0.15) is 37.6 Å². The Balaban J connectivity index is 2.31. The van der Waals surface area contributed by atoms with Gasteiger partial charge in [-0.1, -0.05) is 13.0 Å². The third-order valence-electron chi connectivity index (χ3n) is 3.23. The number of sulfonamides is 1. The zero-order valence-corrected chi connectivity index (χ0v) is 13.3. The fraction of sp³-hybridized carbons (Fsp3) is 0.429. The monoisotopic (exact) mass is 308 g/mol. The van der Waals surface area contributed by atoms with Crippen molar-refractivity contribution in [2.24, 2.45) is 0 Å². The summed E-state index contributed by atoms with van der Waals surface area (Å²) in [5.74, 6) is 0. The molecule has 0 amide bonds. The van der Waals surface area contributed by atoms with Crippen molar-refractivity contribution in [3.63, 3.8) is 0 Å². The minimum Gasteiger partial charge on any atom is -0.264 e. The molecule has 1 N–H and O–H groups in total. The normalized spacial score (nSPS) is 13.3. The molecule has 1 atom stereocenters. The van der Waals surface area contributed by atoms with Crippen molar-refractivity contribution in [1.82, 2.24) is 19.5 Å². The van der Waals surface area contributed by atoms with Crippen molar-refractivity contribution in [1.29, 1.82) is 0 Å². The fourth-order valence-corrected chi connectivity index (χ4v) is 3.75.